The number of imidazole rings is 1. The number of rotatable bonds is 5. The fourth-order valence-corrected chi connectivity index (χ4v) is 2.19. The first-order valence-corrected chi connectivity index (χ1v) is 7.97. The van der Waals surface area contributed by atoms with E-state index in [4.69, 9.17) is 0 Å². The lowest BCUT2D eigenvalue weighted by atomic mass is 10.3. The summed E-state index contributed by atoms with van der Waals surface area (Å²) in [5, 5.41) is 0. The zero-order chi connectivity index (χ0) is 19.2. The lowest BCUT2D eigenvalue weighted by Crippen LogP contribution is -2.44. The summed E-state index contributed by atoms with van der Waals surface area (Å²) in [6.07, 6.45) is -10.1. The molecule has 0 amide bonds. The zero-order valence-corrected chi connectivity index (χ0v) is 13.9. The average molecular weight is 386 g/mol. The molecule has 1 unspecified atom stereocenters. The van der Waals surface area contributed by atoms with Crippen molar-refractivity contribution < 1.29 is 49.4 Å². The van der Waals surface area contributed by atoms with Gasteiger partial charge in [0, 0.05) is 0 Å². The standard InChI is InChI=1S/C6H11N2.C5H7F6O4P/c1-3-8-5-4-7(2)6-8;1-2-14-16(12,13)15-3(4(6,7)8)5(9,10)11/h4-6H,3H2,1-2H3;3H,2H2,1H3,(H,12,13)/q+1;/p-1. The highest BCUT2D eigenvalue weighted by Gasteiger charge is 2.59. The second-order valence-electron chi connectivity index (χ2n) is 4.34. The second kappa shape index (κ2) is 8.84. The first kappa shape index (κ1) is 22.9. The molecule has 1 aromatic heterocycles. The number of alkyl halides is 6. The van der Waals surface area contributed by atoms with Gasteiger partial charge in [0.1, 0.15) is 12.4 Å². The predicted molar refractivity (Wildman–Crippen MR) is 67.5 cm³/mol. The van der Waals surface area contributed by atoms with Crippen LogP contribution in [0.25, 0.3) is 0 Å². The van der Waals surface area contributed by atoms with Crippen LogP contribution in [0.15, 0.2) is 18.7 Å². The van der Waals surface area contributed by atoms with E-state index in [9.17, 15) is 35.8 Å². The van der Waals surface area contributed by atoms with Gasteiger partial charge in [-0.1, -0.05) is 0 Å². The van der Waals surface area contributed by atoms with Gasteiger partial charge in [0.05, 0.1) is 20.2 Å². The van der Waals surface area contributed by atoms with Crippen molar-refractivity contribution in [1.82, 2.24) is 4.57 Å². The molecule has 1 heterocycles. The summed E-state index contributed by atoms with van der Waals surface area (Å²) < 4.78 is 92.2. The highest BCUT2D eigenvalue weighted by Crippen LogP contribution is 2.47. The molecule has 1 rings (SSSR count). The Morgan fingerprint density at radius 1 is 1.21 bits per heavy atom. The van der Waals surface area contributed by atoms with Crippen molar-refractivity contribution in [3.63, 3.8) is 0 Å². The summed E-state index contributed by atoms with van der Waals surface area (Å²) in [7, 11) is -3.61. The molecule has 142 valence electrons. The first-order chi connectivity index (χ1) is 10.7. The topological polar surface area (TPSA) is 67.4 Å². The molecule has 13 heteroatoms. The van der Waals surface area contributed by atoms with Crippen LogP contribution in [-0.4, -0.2) is 29.6 Å². The minimum Gasteiger partial charge on any atom is -0.756 e. The van der Waals surface area contributed by atoms with Crippen molar-refractivity contribution in [3.8, 4) is 0 Å². The van der Waals surface area contributed by atoms with Crippen LogP contribution in [0, 0.1) is 0 Å². The quantitative estimate of drug-likeness (QED) is 0.443. The van der Waals surface area contributed by atoms with Crippen LogP contribution in [-0.2, 0) is 27.2 Å². The summed E-state index contributed by atoms with van der Waals surface area (Å²) >= 11 is 0. The number of halogens is 6. The SMILES string of the molecule is CCOP(=O)([O-])OC(C(F)(F)F)C(F)(F)F.CCn1cc[n+](C)c1. The van der Waals surface area contributed by atoms with Gasteiger partial charge >= 0.3 is 12.4 Å². The van der Waals surface area contributed by atoms with E-state index in [0.717, 1.165) is 13.5 Å². The number of phosphoric ester groups is 1. The molecule has 0 saturated carbocycles. The highest BCUT2D eigenvalue weighted by molar-refractivity contribution is 7.45. The molecular weight excluding hydrogens is 369 g/mol. The zero-order valence-electron chi connectivity index (χ0n) is 13.0. The smallest absolute Gasteiger partial charge is 0.424 e. The molecule has 0 radical (unpaired) electrons. The van der Waals surface area contributed by atoms with Crippen molar-refractivity contribution in [1.29, 1.82) is 0 Å². The van der Waals surface area contributed by atoms with Crippen LogP contribution in [0.3, 0.4) is 0 Å². The Labute approximate surface area is 134 Å². The maximum absolute atomic E-state index is 11.8. The normalized spacial score (nSPS) is 15.0. The number of hydrogen-bond donors (Lipinski definition) is 0. The van der Waals surface area contributed by atoms with Gasteiger partial charge in [-0.3, -0.25) is 9.09 Å². The van der Waals surface area contributed by atoms with E-state index in [1.165, 1.54) is 0 Å². The number of aromatic nitrogens is 2. The molecule has 0 N–H and O–H groups in total. The third kappa shape index (κ3) is 8.67. The molecule has 0 fully saturated rings. The van der Waals surface area contributed by atoms with Crippen LogP contribution in [0.4, 0.5) is 26.3 Å². The minimum absolute atomic E-state index is 0.636. The summed E-state index contributed by atoms with van der Waals surface area (Å²) in [6.45, 7) is 3.61. The first-order valence-electron chi connectivity index (χ1n) is 6.51. The molecule has 1 aromatic rings. The molecule has 1 atom stereocenters. The van der Waals surface area contributed by atoms with E-state index in [2.05, 4.69) is 33.1 Å². The fourth-order valence-electron chi connectivity index (χ4n) is 1.31. The number of nitrogens with zero attached hydrogens (tertiary/aromatic N) is 2. The van der Waals surface area contributed by atoms with Gasteiger partial charge < -0.3 is 9.42 Å². The van der Waals surface area contributed by atoms with Crippen LogP contribution in [0.1, 0.15) is 13.8 Å². The van der Waals surface area contributed by atoms with Crippen molar-refractivity contribution in [3.05, 3.63) is 18.7 Å². The average Bonchev–Trinajstić information content (AvgIpc) is 2.80. The molecule has 0 aromatic carbocycles. The summed E-state index contributed by atoms with van der Waals surface area (Å²) in [4.78, 5) is 10.5. The summed E-state index contributed by atoms with van der Waals surface area (Å²) in [5.74, 6) is 0. The predicted octanol–water partition coefficient (Wildman–Crippen LogP) is 2.33. The molecule has 0 spiro atoms. The Bertz CT molecular complexity index is 531. The highest BCUT2D eigenvalue weighted by atomic mass is 31.2. The Balaban J connectivity index is 0.000000546. The van der Waals surface area contributed by atoms with Crippen molar-refractivity contribution >= 4 is 7.82 Å². The molecule has 0 bridgehead atoms. The van der Waals surface area contributed by atoms with Crippen molar-refractivity contribution in [2.75, 3.05) is 6.61 Å². The van der Waals surface area contributed by atoms with Gasteiger partial charge in [0.2, 0.25) is 6.33 Å². The van der Waals surface area contributed by atoms with Gasteiger partial charge in [0.25, 0.3) is 13.9 Å². The largest absolute Gasteiger partial charge is 0.756 e. The fraction of sp³-hybridized carbons (Fsp3) is 0.727. The van der Waals surface area contributed by atoms with Crippen LogP contribution in [0.5, 0.6) is 0 Å². The second-order valence-corrected chi connectivity index (χ2v) is 5.71. The molecular formula is C11H17F6N2O4P. The Hall–Kier alpha value is -1.10. The number of hydrogen-bond acceptors (Lipinski definition) is 4. The number of phosphoric acid groups is 1. The molecule has 6 nitrogen and oxygen atoms in total. The third-order valence-electron chi connectivity index (χ3n) is 2.31. The number of aryl methyl sites for hydroxylation is 2. The summed E-state index contributed by atoms with van der Waals surface area (Å²) in [6, 6.07) is 0. The summed E-state index contributed by atoms with van der Waals surface area (Å²) in [5.41, 5.74) is 0. The van der Waals surface area contributed by atoms with Gasteiger partial charge in [-0.25, -0.2) is 9.13 Å². The minimum atomic E-state index is -5.89. The van der Waals surface area contributed by atoms with Gasteiger partial charge in [0.15, 0.2) is 0 Å². The van der Waals surface area contributed by atoms with Crippen molar-refractivity contribution in [2.24, 2.45) is 7.05 Å². The molecule has 0 aliphatic rings. The van der Waals surface area contributed by atoms with E-state index in [1.807, 2.05) is 17.8 Å². The molecule has 0 aliphatic heterocycles. The van der Waals surface area contributed by atoms with Crippen molar-refractivity contribution in [2.45, 2.75) is 38.8 Å². The molecule has 0 aliphatic carbocycles. The maximum Gasteiger partial charge on any atom is 0.424 e. The van der Waals surface area contributed by atoms with Crippen LogP contribution in [0.2, 0.25) is 0 Å². The van der Waals surface area contributed by atoms with E-state index in [0.29, 0.717) is 0 Å². The van der Waals surface area contributed by atoms with E-state index in [-0.39, 0.29) is 0 Å². The lowest BCUT2D eigenvalue weighted by Gasteiger charge is -2.29. The third-order valence-corrected chi connectivity index (χ3v) is 3.35. The monoisotopic (exact) mass is 386 g/mol. The Morgan fingerprint density at radius 3 is 1.96 bits per heavy atom. The lowest BCUT2D eigenvalue weighted by molar-refractivity contribution is -0.671. The van der Waals surface area contributed by atoms with Gasteiger partial charge in [-0.2, -0.15) is 26.3 Å². The Morgan fingerprint density at radius 2 is 1.71 bits per heavy atom. The van der Waals surface area contributed by atoms with Crippen LogP contribution < -0.4 is 9.46 Å². The Kier molecular flexibility index (Phi) is 8.43. The van der Waals surface area contributed by atoms with Gasteiger partial charge in [-0.15, -0.1) is 0 Å². The van der Waals surface area contributed by atoms with E-state index in [1.54, 1.807) is 0 Å². The van der Waals surface area contributed by atoms with E-state index < -0.39 is 32.9 Å². The van der Waals surface area contributed by atoms with E-state index >= 15 is 0 Å². The van der Waals surface area contributed by atoms with Crippen LogP contribution >= 0.6 is 7.82 Å². The molecule has 24 heavy (non-hydrogen) atoms. The maximum atomic E-state index is 11.8. The molecule has 0 saturated heterocycles. The van der Waals surface area contributed by atoms with Gasteiger partial charge in [-0.05, 0) is 13.8 Å².